The normalized spacial score (nSPS) is 16.4. The summed E-state index contributed by atoms with van der Waals surface area (Å²) >= 11 is 0. The highest BCUT2D eigenvalue weighted by Gasteiger charge is 2.28. The number of ether oxygens (including phenoxy) is 1. The van der Waals surface area contributed by atoms with Crippen molar-refractivity contribution in [3.05, 3.63) is 76.9 Å². The Bertz CT molecular complexity index is 1270. The first-order valence-corrected chi connectivity index (χ1v) is 12.0. The second-order valence-electron chi connectivity index (χ2n) is 8.80. The standard InChI is InChI=1S/C28H28N2O4/c31-25(29-15-14-19-7-2-1-3-8-19)18-34-28(32)26-22-10-4-5-11-24(22)30-27-20(12-13-23(26)27)17-21-9-6-16-33-21/h4-7,9-11,16-17H,1-3,8,12-15,18H2,(H,29,31)/b20-17+. The van der Waals surface area contributed by atoms with E-state index in [2.05, 4.69) is 11.4 Å². The van der Waals surface area contributed by atoms with Gasteiger partial charge in [-0.2, -0.15) is 0 Å². The molecule has 174 valence electrons. The highest BCUT2D eigenvalue weighted by atomic mass is 16.5. The van der Waals surface area contributed by atoms with E-state index in [1.165, 1.54) is 18.4 Å². The third-order valence-electron chi connectivity index (χ3n) is 6.49. The number of nitrogens with one attached hydrogen (secondary N) is 1. The van der Waals surface area contributed by atoms with E-state index in [0.29, 0.717) is 18.5 Å². The van der Waals surface area contributed by atoms with Gasteiger partial charge in [-0.15, -0.1) is 0 Å². The lowest BCUT2D eigenvalue weighted by Gasteiger charge is -2.14. The minimum atomic E-state index is -0.487. The lowest BCUT2D eigenvalue weighted by atomic mass is 9.97. The molecular weight excluding hydrogens is 428 g/mol. The third kappa shape index (κ3) is 4.81. The number of pyridine rings is 1. The monoisotopic (exact) mass is 456 g/mol. The van der Waals surface area contributed by atoms with E-state index in [4.69, 9.17) is 14.1 Å². The average Bonchev–Trinajstić information content (AvgIpc) is 3.52. The molecular formula is C28H28N2O4. The van der Waals surface area contributed by atoms with Gasteiger partial charge in [-0.25, -0.2) is 9.78 Å². The van der Waals surface area contributed by atoms with E-state index in [-0.39, 0.29) is 12.5 Å². The Morgan fingerprint density at radius 2 is 2.00 bits per heavy atom. The zero-order valence-corrected chi connectivity index (χ0v) is 19.1. The van der Waals surface area contributed by atoms with E-state index in [1.807, 2.05) is 42.5 Å². The fourth-order valence-corrected chi connectivity index (χ4v) is 4.81. The maximum atomic E-state index is 13.2. The molecule has 0 fully saturated rings. The van der Waals surface area contributed by atoms with Gasteiger partial charge in [-0.3, -0.25) is 4.79 Å². The maximum absolute atomic E-state index is 13.2. The SMILES string of the molecule is O=C(COC(=O)c1c2c(nc3ccccc13)/C(=C/c1ccco1)CC2)NCCC1=CCCCC1. The van der Waals surface area contributed by atoms with Crippen molar-refractivity contribution in [2.75, 3.05) is 13.2 Å². The van der Waals surface area contributed by atoms with Gasteiger partial charge < -0.3 is 14.5 Å². The lowest BCUT2D eigenvalue weighted by Crippen LogP contribution is -2.30. The van der Waals surface area contributed by atoms with E-state index in [9.17, 15) is 9.59 Å². The van der Waals surface area contributed by atoms with Crippen LogP contribution in [0.25, 0.3) is 22.6 Å². The van der Waals surface area contributed by atoms with Crippen molar-refractivity contribution >= 4 is 34.4 Å². The summed E-state index contributed by atoms with van der Waals surface area (Å²) in [5, 5.41) is 3.61. The Morgan fingerprint density at radius 1 is 1.09 bits per heavy atom. The molecule has 2 aliphatic carbocycles. The largest absolute Gasteiger partial charge is 0.465 e. The fourth-order valence-electron chi connectivity index (χ4n) is 4.81. The molecule has 2 aliphatic rings. The number of benzene rings is 1. The van der Waals surface area contributed by atoms with Crippen LogP contribution in [0.1, 0.15) is 65.9 Å². The number of rotatable bonds is 7. The maximum Gasteiger partial charge on any atom is 0.339 e. The third-order valence-corrected chi connectivity index (χ3v) is 6.49. The Labute approximate surface area is 198 Å². The van der Waals surface area contributed by atoms with Crippen molar-refractivity contribution < 1.29 is 18.7 Å². The molecule has 2 aromatic heterocycles. The summed E-state index contributed by atoms with van der Waals surface area (Å²) in [6.45, 7) is 0.273. The summed E-state index contributed by atoms with van der Waals surface area (Å²) < 4.78 is 10.9. The quantitative estimate of drug-likeness (QED) is 0.376. The fraction of sp³-hybridized carbons (Fsp3) is 0.321. The molecule has 1 N–H and O–H groups in total. The molecule has 2 heterocycles. The van der Waals surface area contributed by atoms with Crippen molar-refractivity contribution in [3.8, 4) is 0 Å². The molecule has 6 heteroatoms. The van der Waals surface area contributed by atoms with Gasteiger partial charge in [-0.05, 0) is 80.4 Å². The van der Waals surface area contributed by atoms with Gasteiger partial charge in [0.05, 0.1) is 23.0 Å². The van der Waals surface area contributed by atoms with Crippen LogP contribution in [-0.2, 0) is 16.0 Å². The van der Waals surface area contributed by atoms with Gasteiger partial charge in [0.25, 0.3) is 5.91 Å². The molecule has 6 nitrogen and oxygen atoms in total. The minimum Gasteiger partial charge on any atom is -0.465 e. The van der Waals surface area contributed by atoms with Crippen LogP contribution in [-0.4, -0.2) is 30.0 Å². The van der Waals surface area contributed by atoms with Crippen LogP contribution in [0.4, 0.5) is 0 Å². The number of hydrogen-bond donors (Lipinski definition) is 1. The Morgan fingerprint density at radius 3 is 2.82 bits per heavy atom. The number of esters is 1. The summed E-state index contributed by atoms with van der Waals surface area (Å²) in [6.07, 6.45) is 12.9. The van der Waals surface area contributed by atoms with Gasteiger partial charge in [0.2, 0.25) is 0 Å². The van der Waals surface area contributed by atoms with Crippen molar-refractivity contribution in [2.24, 2.45) is 0 Å². The number of fused-ring (bicyclic) bond motifs is 2. The number of carbonyl (C=O) groups is 2. The lowest BCUT2D eigenvalue weighted by molar-refractivity contribution is -0.124. The molecule has 3 aromatic rings. The molecule has 0 bridgehead atoms. The molecule has 0 radical (unpaired) electrons. The number of allylic oxidation sites excluding steroid dienone is 2. The number of nitrogens with zero attached hydrogens (tertiary/aromatic N) is 1. The molecule has 34 heavy (non-hydrogen) atoms. The molecule has 0 aliphatic heterocycles. The molecule has 0 atom stereocenters. The number of furan rings is 1. The number of amides is 1. The molecule has 0 spiro atoms. The number of aromatic nitrogens is 1. The first-order chi connectivity index (χ1) is 16.7. The predicted molar refractivity (Wildman–Crippen MR) is 131 cm³/mol. The number of para-hydroxylation sites is 1. The minimum absolute atomic E-state index is 0.279. The summed E-state index contributed by atoms with van der Waals surface area (Å²) in [6, 6.07) is 11.3. The van der Waals surface area contributed by atoms with Crippen molar-refractivity contribution in [2.45, 2.75) is 44.9 Å². The highest BCUT2D eigenvalue weighted by Crippen LogP contribution is 2.37. The van der Waals surface area contributed by atoms with E-state index in [0.717, 1.165) is 59.2 Å². The Hall–Kier alpha value is -3.67. The van der Waals surface area contributed by atoms with Crippen LogP contribution >= 0.6 is 0 Å². The molecule has 1 aromatic carbocycles. The topological polar surface area (TPSA) is 81.4 Å². The molecule has 0 saturated carbocycles. The van der Waals surface area contributed by atoms with E-state index < -0.39 is 5.97 Å². The molecule has 0 saturated heterocycles. The predicted octanol–water partition coefficient (Wildman–Crippen LogP) is 5.48. The van der Waals surface area contributed by atoms with Gasteiger partial charge in [0, 0.05) is 11.9 Å². The van der Waals surface area contributed by atoms with Crippen LogP contribution in [0.5, 0.6) is 0 Å². The van der Waals surface area contributed by atoms with Gasteiger partial charge in [0.15, 0.2) is 6.61 Å². The summed E-state index contributed by atoms with van der Waals surface area (Å²) in [7, 11) is 0. The van der Waals surface area contributed by atoms with Crippen molar-refractivity contribution in [3.63, 3.8) is 0 Å². The highest BCUT2D eigenvalue weighted by molar-refractivity contribution is 6.07. The van der Waals surface area contributed by atoms with Crippen LogP contribution < -0.4 is 5.32 Å². The van der Waals surface area contributed by atoms with Crippen LogP contribution in [0.15, 0.2) is 58.7 Å². The summed E-state index contributed by atoms with van der Waals surface area (Å²) in [4.78, 5) is 30.3. The Balaban J connectivity index is 1.31. The zero-order chi connectivity index (χ0) is 23.3. The van der Waals surface area contributed by atoms with Crippen molar-refractivity contribution in [1.29, 1.82) is 0 Å². The van der Waals surface area contributed by atoms with Gasteiger partial charge in [-0.1, -0.05) is 29.8 Å². The van der Waals surface area contributed by atoms with Gasteiger partial charge in [0.1, 0.15) is 5.76 Å². The first kappa shape index (κ1) is 22.1. The van der Waals surface area contributed by atoms with Crippen LogP contribution in [0.2, 0.25) is 0 Å². The number of carbonyl (C=O) groups excluding carboxylic acids is 2. The zero-order valence-electron chi connectivity index (χ0n) is 19.1. The molecule has 5 rings (SSSR count). The first-order valence-electron chi connectivity index (χ1n) is 12.0. The number of hydrogen-bond acceptors (Lipinski definition) is 5. The van der Waals surface area contributed by atoms with E-state index in [1.54, 1.807) is 6.26 Å². The van der Waals surface area contributed by atoms with Crippen LogP contribution in [0, 0.1) is 0 Å². The second kappa shape index (κ2) is 10.1. The van der Waals surface area contributed by atoms with Crippen molar-refractivity contribution in [1.82, 2.24) is 10.3 Å². The Kier molecular flexibility index (Phi) is 6.56. The molecule has 0 unspecified atom stereocenters. The average molecular weight is 457 g/mol. The van der Waals surface area contributed by atoms with Gasteiger partial charge >= 0.3 is 5.97 Å². The van der Waals surface area contributed by atoms with E-state index >= 15 is 0 Å². The smallest absolute Gasteiger partial charge is 0.339 e. The second-order valence-corrected chi connectivity index (χ2v) is 8.80. The summed E-state index contributed by atoms with van der Waals surface area (Å²) in [5.74, 6) is -0.0139. The summed E-state index contributed by atoms with van der Waals surface area (Å²) in [5.41, 5.74) is 5.33. The molecule has 1 amide bonds. The van der Waals surface area contributed by atoms with Crippen LogP contribution in [0.3, 0.4) is 0 Å².